The van der Waals surface area contributed by atoms with Gasteiger partial charge in [-0.3, -0.25) is 4.90 Å². The van der Waals surface area contributed by atoms with Crippen LogP contribution in [0.5, 0.6) is 0 Å². The monoisotopic (exact) mass is 252 g/mol. The highest BCUT2D eigenvalue weighted by Crippen LogP contribution is 2.22. The number of ether oxygens (including phenoxy) is 1. The SMILES string of the molecule is CC1(C)COCCN1CC(N)c1cccc(F)c1. The van der Waals surface area contributed by atoms with Crippen molar-refractivity contribution in [3.05, 3.63) is 35.6 Å². The molecule has 0 aliphatic carbocycles. The van der Waals surface area contributed by atoms with Crippen molar-refractivity contribution in [2.45, 2.75) is 25.4 Å². The van der Waals surface area contributed by atoms with Crippen LogP contribution in [0.1, 0.15) is 25.5 Å². The fraction of sp³-hybridized carbons (Fsp3) is 0.571. The molecule has 1 aliphatic heterocycles. The van der Waals surface area contributed by atoms with Crippen molar-refractivity contribution in [1.29, 1.82) is 0 Å². The Morgan fingerprint density at radius 1 is 1.50 bits per heavy atom. The second kappa shape index (κ2) is 5.34. The summed E-state index contributed by atoms with van der Waals surface area (Å²) in [6.45, 7) is 7.33. The highest BCUT2D eigenvalue weighted by atomic mass is 19.1. The Morgan fingerprint density at radius 3 is 2.94 bits per heavy atom. The Bertz CT molecular complexity index is 409. The second-order valence-corrected chi connectivity index (χ2v) is 5.47. The van der Waals surface area contributed by atoms with Crippen molar-refractivity contribution in [2.75, 3.05) is 26.3 Å². The molecule has 0 bridgehead atoms. The van der Waals surface area contributed by atoms with E-state index in [1.807, 2.05) is 6.07 Å². The van der Waals surface area contributed by atoms with Crippen molar-refractivity contribution in [3.63, 3.8) is 0 Å². The molecule has 1 fully saturated rings. The van der Waals surface area contributed by atoms with Gasteiger partial charge in [-0.25, -0.2) is 4.39 Å². The van der Waals surface area contributed by atoms with Crippen LogP contribution in [0, 0.1) is 5.82 Å². The molecule has 1 heterocycles. The van der Waals surface area contributed by atoms with Crippen LogP contribution in [-0.2, 0) is 4.74 Å². The lowest BCUT2D eigenvalue weighted by molar-refractivity contribution is -0.0531. The maximum Gasteiger partial charge on any atom is 0.123 e. The molecule has 3 nitrogen and oxygen atoms in total. The fourth-order valence-corrected chi connectivity index (χ4v) is 2.31. The van der Waals surface area contributed by atoms with E-state index in [-0.39, 0.29) is 17.4 Å². The summed E-state index contributed by atoms with van der Waals surface area (Å²) >= 11 is 0. The molecule has 1 saturated heterocycles. The third-order valence-electron chi connectivity index (χ3n) is 3.51. The molecule has 1 aromatic rings. The van der Waals surface area contributed by atoms with E-state index in [9.17, 15) is 4.39 Å². The van der Waals surface area contributed by atoms with E-state index in [4.69, 9.17) is 10.5 Å². The number of morpholine rings is 1. The Hall–Kier alpha value is -0.970. The predicted octanol–water partition coefficient (Wildman–Crippen LogP) is 1.94. The van der Waals surface area contributed by atoms with Gasteiger partial charge in [0.25, 0.3) is 0 Å². The van der Waals surface area contributed by atoms with Crippen LogP contribution in [0.3, 0.4) is 0 Å². The number of nitrogens with zero attached hydrogens (tertiary/aromatic N) is 1. The normalized spacial score (nSPS) is 21.8. The molecule has 0 spiro atoms. The number of hydrogen-bond acceptors (Lipinski definition) is 3. The maximum absolute atomic E-state index is 13.2. The quantitative estimate of drug-likeness (QED) is 0.893. The van der Waals surface area contributed by atoms with Crippen LogP contribution in [0.4, 0.5) is 4.39 Å². The molecule has 1 aliphatic rings. The standard InChI is InChI=1S/C14H21FN2O/c1-14(2)10-18-7-6-17(14)9-13(16)11-4-3-5-12(15)8-11/h3-5,8,13H,6-7,9-10,16H2,1-2H3. The first kappa shape index (κ1) is 13.5. The first-order valence-corrected chi connectivity index (χ1v) is 6.33. The third kappa shape index (κ3) is 3.07. The van der Waals surface area contributed by atoms with Crippen LogP contribution in [-0.4, -0.2) is 36.7 Å². The van der Waals surface area contributed by atoms with Crippen molar-refractivity contribution < 1.29 is 9.13 Å². The molecule has 4 heteroatoms. The Balaban J connectivity index is 2.04. The summed E-state index contributed by atoms with van der Waals surface area (Å²) < 4.78 is 18.6. The minimum absolute atomic E-state index is 0.0107. The minimum Gasteiger partial charge on any atom is -0.378 e. The van der Waals surface area contributed by atoms with E-state index < -0.39 is 0 Å². The van der Waals surface area contributed by atoms with Gasteiger partial charge < -0.3 is 10.5 Å². The van der Waals surface area contributed by atoms with Gasteiger partial charge >= 0.3 is 0 Å². The van der Waals surface area contributed by atoms with Gasteiger partial charge in [0, 0.05) is 24.7 Å². The molecule has 0 aromatic heterocycles. The lowest BCUT2D eigenvalue weighted by atomic mass is 9.99. The lowest BCUT2D eigenvalue weighted by Crippen LogP contribution is -2.54. The van der Waals surface area contributed by atoms with Gasteiger partial charge in [-0.1, -0.05) is 12.1 Å². The molecule has 0 amide bonds. The molecule has 2 rings (SSSR count). The van der Waals surface area contributed by atoms with Gasteiger partial charge in [-0.15, -0.1) is 0 Å². The minimum atomic E-state index is -0.232. The van der Waals surface area contributed by atoms with Gasteiger partial charge in [0.1, 0.15) is 5.82 Å². The summed E-state index contributed by atoms with van der Waals surface area (Å²) in [5.41, 5.74) is 7.00. The number of nitrogens with two attached hydrogens (primary N) is 1. The molecule has 100 valence electrons. The fourth-order valence-electron chi connectivity index (χ4n) is 2.31. The molecule has 1 unspecified atom stereocenters. The van der Waals surface area contributed by atoms with Crippen LogP contribution in [0.15, 0.2) is 24.3 Å². The molecular formula is C14H21FN2O. The number of benzene rings is 1. The summed E-state index contributed by atoms with van der Waals surface area (Å²) in [6.07, 6.45) is 0. The predicted molar refractivity (Wildman–Crippen MR) is 69.8 cm³/mol. The Kier molecular flexibility index (Phi) is 4.00. The van der Waals surface area contributed by atoms with Gasteiger partial charge in [-0.2, -0.15) is 0 Å². The maximum atomic E-state index is 13.2. The molecule has 0 radical (unpaired) electrons. The van der Waals surface area contributed by atoms with Crippen molar-refractivity contribution in [2.24, 2.45) is 5.73 Å². The number of rotatable bonds is 3. The van der Waals surface area contributed by atoms with Gasteiger partial charge in [-0.05, 0) is 31.5 Å². The van der Waals surface area contributed by atoms with Crippen LogP contribution in [0.25, 0.3) is 0 Å². The summed E-state index contributed by atoms with van der Waals surface area (Å²) in [5.74, 6) is -0.232. The van der Waals surface area contributed by atoms with E-state index in [1.165, 1.54) is 12.1 Å². The van der Waals surface area contributed by atoms with Crippen LogP contribution < -0.4 is 5.73 Å². The average Bonchev–Trinajstić information content (AvgIpc) is 2.31. The average molecular weight is 252 g/mol. The largest absolute Gasteiger partial charge is 0.378 e. The molecule has 1 aromatic carbocycles. The zero-order chi connectivity index (χ0) is 13.2. The number of halogens is 1. The highest BCUT2D eigenvalue weighted by Gasteiger charge is 2.31. The summed E-state index contributed by atoms with van der Waals surface area (Å²) in [4.78, 5) is 2.31. The Morgan fingerprint density at radius 2 is 2.28 bits per heavy atom. The third-order valence-corrected chi connectivity index (χ3v) is 3.51. The van der Waals surface area contributed by atoms with Crippen molar-refractivity contribution >= 4 is 0 Å². The summed E-state index contributed by atoms with van der Waals surface area (Å²) in [5, 5.41) is 0. The molecular weight excluding hydrogens is 231 g/mol. The van der Waals surface area contributed by atoms with Crippen LogP contribution in [0.2, 0.25) is 0 Å². The van der Waals surface area contributed by atoms with Gasteiger partial charge in [0.15, 0.2) is 0 Å². The van der Waals surface area contributed by atoms with E-state index >= 15 is 0 Å². The first-order valence-electron chi connectivity index (χ1n) is 6.33. The van der Waals surface area contributed by atoms with E-state index in [0.29, 0.717) is 6.61 Å². The van der Waals surface area contributed by atoms with Gasteiger partial charge in [0.05, 0.1) is 13.2 Å². The summed E-state index contributed by atoms with van der Waals surface area (Å²) in [6, 6.07) is 6.36. The zero-order valence-electron chi connectivity index (χ0n) is 11.0. The summed E-state index contributed by atoms with van der Waals surface area (Å²) in [7, 11) is 0. The molecule has 1 atom stereocenters. The zero-order valence-corrected chi connectivity index (χ0v) is 11.0. The van der Waals surface area contributed by atoms with Crippen LogP contribution >= 0.6 is 0 Å². The first-order chi connectivity index (χ1) is 8.49. The second-order valence-electron chi connectivity index (χ2n) is 5.47. The lowest BCUT2D eigenvalue weighted by Gasteiger charge is -2.43. The highest BCUT2D eigenvalue weighted by molar-refractivity contribution is 5.20. The Labute approximate surface area is 108 Å². The van der Waals surface area contributed by atoms with E-state index in [1.54, 1.807) is 6.07 Å². The molecule has 18 heavy (non-hydrogen) atoms. The topological polar surface area (TPSA) is 38.5 Å². The molecule has 0 saturated carbocycles. The smallest absolute Gasteiger partial charge is 0.123 e. The van der Waals surface area contributed by atoms with Crippen molar-refractivity contribution in [1.82, 2.24) is 4.90 Å². The van der Waals surface area contributed by atoms with E-state index in [2.05, 4.69) is 18.7 Å². The number of hydrogen-bond donors (Lipinski definition) is 1. The van der Waals surface area contributed by atoms with E-state index in [0.717, 1.165) is 25.3 Å². The molecule has 2 N–H and O–H groups in total. The van der Waals surface area contributed by atoms with Crippen molar-refractivity contribution in [3.8, 4) is 0 Å². The van der Waals surface area contributed by atoms with Gasteiger partial charge in [0.2, 0.25) is 0 Å².